The van der Waals surface area contributed by atoms with Crippen molar-refractivity contribution in [1.29, 1.82) is 0 Å². The summed E-state index contributed by atoms with van der Waals surface area (Å²) in [5.41, 5.74) is 2.07. The van der Waals surface area contributed by atoms with Gasteiger partial charge in [0.1, 0.15) is 0 Å². The third kappa shape index (κ3) is 1.63. The number of hydrogen-bond donors (Lipinski definition) is 1. The molecule has 0 radical (unpaired) electrons. The predicted octanol–water partition coefficient (Wildman–Crippen LogP) is 3.59. The molecule has 0 fully saturated rings. The summed E-state index contributed by atoms with van der Waals surface area (Å²) in [5.74, 6) is 1.26. The Balaban J connectivity index is 1.69. The Morgan fingerprint density at radius 2 is 2.05 bits per heavy atom. The van der Waals surface area contributed by atoms with Crippen molar-refractivity contribution in [1.82, 2.24) is 24.8 Å². The quantitative estimate of drug-likeness (QED) is 0.541. The first-order valence-corrected chi connectivity index (χ1v) is 7.54. The molecule has 0 aliphatic rings. The fraction of sp³-hybridized carbons (Fsp3) is 0. The molecule has 0 amide bonds. The molecule has 0 saturated carbocycles. The lowest BCUT2D eigenvalue weighted by molar-refractivity contribution is 0.575. The summed E-state index contributed by atoms with van der Waals surface area (Å²) < 4.78 is 7.10. The van der Waals surface area contributed by atoms with E-state index < -0.39 is 0 Å². The minimum Gasteiger partial charge on any atom is -0.461 e. The third-order valence-corrected chi connectivity index (χ3v) is 4.42. The van der Waals surface area contributed by atoms with Gasteiger partial charge in [-0.05, 0) is 24.3 Å². The highest BCUT2D eigenvalue weighted by molar-refractivity contribution is 7.19. The summed E-state index contributed by atoms with van der Waals surface area (Å²) in [4.78, 5) is 4.12. The molecular formula is C15H9N5OS. The first-order valence-electron chi connectivity index (χ1n) is 6.73. The monoisotopic (exact) mass is 307 g/mol. The second-order valence-electron chi connectivity index (χ2n) is 4.87. The highest BCUT2D eigenvalue weighted by Crippen LogP contribution is 2.29. The zero-order chi connectivity index (χ0) is 14.5. The molecule has 4 heterocycles. The summed E-state index contributed by atoms with van der Waals surface area (Å²) in [6.07, 6.45) is 1.61. The van der Waals surface area contributed by atoms with Gasteiger partial charge in [0.05, 0.1) is 12.0 Å². The van der Waals surface area contributed by atoms with Crippen LogP contribution in [0.3, 0.4) is 0 Å². The molecule has 7 heteroatoms. The van der Waals surface area contributed by atoms with Crippen molar-refractivity contribution in [3.8, 4) is 22.3 Å². The van der Waals surface area contributed by atoms with E-state index in [9.17, 15) is 0 Å². The summed E-state index contributed by atoms with van der Waals surface area (Å²) in [7, 11) is 0. The van der Waals surface area contributed by atoms with Gasteiger partial charge in [-0.1, -0.05) is 29.5 Å². The maximum atomic E-state index is 5.38. The number of aromatic amines is 1. The molecule has 5 aromatic rings. The highest BCUT2D eigenvalue weighted by Gasteiger charge is 2.16. The van der Waals surface area contributed by atoms with Crippen LogP contribution >= 0.6 is 11.3 Å². The van der Waals surface area contributed by atoms with Crippen LogP contribution in [0.5, 0.6) is 0 Å². The molecule has 4 aromatic heterocycles. The van der Waals surface area contributed by atoms with Crippen molar-refractivity contribution in [2.24, 2.45) is 0 Å². The van der Waals surface area contributed by atoms with Crippen molar-refractivity contribution in [3.63, 3.8) is 0 Å². The number of fused-ring (bicyclic) bond motifs is 2. The topological polar surface area (TPSA) is 72.0 Å². The highest BCUT2D eigenvalue weighted by atomic mass is 32.1. The summed E-state index contributed by atoms with van der Waals surface area (Å²) in [5, 5.41) is 14.9. The lowest BCUT2D eigenvalue weighted by Crippen LogP contribution is -1.89. The minimum absolute atomic E-state index is 0.610. The van der Waals surface area contributed by atoms with Crippen LogP contribution in [0.25, 0.3) is 38.2 Å². The van der Waals surface area contributed by atoms with Gasteiger partial charge in [-0.2, -0.15) is 9.61 Å². The Morgan fingerprint density at radius 1 is 1.09 bits per heavy atom. The molecule has 0 aliphatic heterocycles. The predicted molar refractivity (Wildman–Crippen MR) is 83.7 cm³/mol. The van der Waals surface area contributed by atoms with E-state index in [1.54, 1.807) is 10.8 Å². The Morgan fingerprint density at radius 3 is 2.91 bits per heavy atom. The average molecular weight is 307 g/mol. The number of furan rings is 1. The second kappa shape index (κ2) is 4.28. The van der Waals surface area contributed by atoms with Crippen LogP contribution < -0.4 is 0 Å². The van der Waals surface area contributed by atoms with Crippen LogP contribution in [0.2, 0.25) is 0 Å². The van der Waals surface area contributed by atoms with Gasteiger partial charge in [-0.15, -0.1) is 10.2 Å². The van der Waals surface area contributed by atoms with Crippen molar-refractivity contribution < 1.29 is 4.42 Å². The van der Waals surface area contributed by atoms with Gasteiger partial charge >= 0.3 is 0 Å². The summed E-state index contributed by atoms with van der Waals surface area (Å²) in [6.45, 7) is 0. The van der Waals surface area contributed by atoms with Crippen LogP contribution in [0.15, 0.2) is 53.1 Å². The van der Waals surface area contributed by atoms with Crippen molar-refractivity contribution >= 4 is 27.2 Å². The molecule has 1 aromatic carbocycles. The summed E-state index contributed by atoms with van der Waals surface area (Å²) in [6, 6.07) is 13.9. The van der Waals surface area contributed by atoms with Gasteiger partial charge in [0.15, 0.2) is 10.8 Å². The first kappa shape index (κ1) is 11.7. The average Bonchev–Trinajstić information content (AvgIpc) is 3.28. The van der Waals surface area contributed by atoms with Gasteiger partial charge in [-0.25, -0.2) is 0 Å². The Bertz CT molecular complexity index is 1050. The maximum Gasteiger partial charge on any atom is 0.235 e. The number of H-pyrrole nitrogens is 1. The smallest absolute Gasteiger partial charge is 0.235 e. The Kier molecular flexibility index (Phi) is 2.28. The number of benzene rings is 1. The van der Waals surface area contributed by atoms with Crippen molar-refractivity contribution in [2.75, 3.05) is 0 Å². The van der Waals surface area contributed by atoms with Gasteiger partial charge < -0.3 is 9.40 Å². The van der Waals surface area contributed by atoms with E-state index in [0.717, 1.165) is 26.6 Å². The van der Waals surface area contributed by atoms with E-state index in [0.29, 0.717) is 11.6 Å². The van der Waals surface area contributed by atoms with E-state index in [-0.39, 0.29) is 0 Å². The molecule has 0 bridgehead atoms. The minimum atomic E-state index is 0.610. The Labute approximate surface area is 128 Å². The largest absolute Gasteiger partial charge is 0.461 e. The van der Waals surface area contributed by atoms with Crippen LogP contribution in [0.4, 0.5) is 0 Å². The van der Waals surface area contributed by atoms with Gasteiger partial charge in [0.25, 0.3) is 0 Å². The lowest BCUT2D eigenvalue weighted by atomic mass is 10.2. The van der Waals surface area contributed by atoms with E-state index in [1.807, 2.05) is 30.3 Å². The van der Waals surface area contributed by atoms with E-state index in [1.165, 1.54) is 11.3 Å². The zero-order valence-corrected chi connectivity index (χ0v) is 12.0. The van der Waals surface area contributed by atoms with E-state index in [4.69, 9.17) is 4.42 Å². The molecule has 0 spiro atoms. The molecule has 106 valence electrons. The Hall–Kier alpha value is -2.93. The van der Waals surface area contributed by atoms with Crippen molar-refractivity contribution in [3.05, 3.63) is 48.7 Å². The number of nitrogens with one attached hydrogen (secondary N) is 1. The SMILES string of the molecule is c1coc(-c2nnc3sc(-c4cc5ccccc5[nH]4)nn23)c1. The number of nitrogens with zero attached hydrogens (tertiary/aromatic N) is 4. The molecule has 0 atom stereocenters. The maximum absolute atomic E-state index is 5.38. The van der Waals surface area contributed by atoms with E-state index >= 15 is 0 Å². The fourth-order valence-corrected chi connectivity index (χ4v) is 3.28. The number of para-hydroxylation sites is 1. The van der Waals surface area contributed by atoms with Crippen LogP contribution in [0, 0.1) is 0 Å². The molecule has 0 unspecified atom stereocenters. The molecule has 5 rings (SSSR count). The van der Waals surface area contributed by atoms with Gasteiger partial charge in [0, 0.05) is 10.9 Å². The number of rotatable bonds is 2. The molecule has 22 heavy (non-hydrogen) atoms. The third-order valence-electron chi connectivity index (χ3n) is 3.49. The standard InChI is InChI=1S/C15H9N5OS/c1-2-5-10-9(4-1)8-11(16-10)14-19-20-13(12-6-3-7-21-12)17-18-15(20)22-14/h1-8,16H. The normalized spacial score (nSPS) is 11.6. The number of hydrogen-bond acceptors (Lipinski definition) is 5. The van der Waals surface area contributed by atoms with Gasteiger partial charge in [-0.3, -0.25) is 0 Å². The lowest BCUT2D eigenvalue weighted by Gasteiger charge is -1.90. The molecule has 1 N–H and O–H groups in total. The van der Waals surface area contributed by atoms with Gasteiger partial charge in [0.2, 0.25) is 10.8 Å². The first-order chi connectivity index (χ1) is 10.9. The molecule has 0 aliphatic carbocycles. The second-order valence-corrected chi connectivity index (χ2v) is 5.83. The molecule has 6 nitrogen and oxygen atoms in total. The van der Waals surface area contributed by atoms with Crippen LogP contribution in [0.1, 0.15) is 0 Å². The van der Waals surface area contributed by atoms with Crippen LogP contribution in [-0.4, -0.2) is 24.8 Å². The fourth-order valence-electron chi connectivity index (χ4n) is 2.47. The summed E-state index contributed by atoms with van der Waals surface area (Å²) >= 11 is 1.49. The molecular weight excluding hydrogens is 298 g/mol. The van der Waals surface area contributed by atoms with E-state index in [2.05, 4.69) is 32.4 Å². The number of aromatic nitrogens is 5. The zero-order valence-electron chi connectivity index (χ0n) is 11.2. The molecule has 0 saturated heterocycles. The van der Waals surface area contributed by atoms with Crippen molar-refractivity contribution in [2.45, 2.75) is 0 Å². The van der Waals surface area contributed by atoms with Crippen LogP contribution in [-0.2, 0) is 0 Å².